The second-order valence-electron chi connectivity index (χ2n) is 3.07. The van der Waals surface area contributed by atoms with Gasteiger partial charge in [0.1, 0.15) is 11.1 Å². The summed E-state index contributed by atoms with van der Waals surface area (Å²) >= 11 is 0. The van der Waals surface area contributed by atoms with E-state index >= 15 is 0 Å². The molecular weight excluding hydrogens is 212 g/mol. The molecule has 0 aromatic carbocycles. The average Bonchev–Trinajstić information content (AvgIpc) is 2.62. The van der Waals surface area contributed by atoms with Gasteiger partial charge in [-0.1, -0.05) is 0 Å². The minimum atomic E-state index is -0.623. The van der Waals surface area contributed by atoms with Crippen LogP contribution in [0.25, 0.3) is 11.1 Å². The van der Waals surface area contributed by atoms with Crippen molar-refractivity contribution in [3.63, 3.8) is 0 Å². The molecule has 0 unspecified atom stereocenters. The maximum absolute atomic E-state index is 11.4. The summed E-state index contributed by atoms with van der Waals surface area (Å²) in [6.45, 7) is 0. The van der Waals surface area contributed by atoms with Crippen molar-refractivity contribution in [3.05, 3.63) is 23.4 Å². The third-order valence-electron chi connectivity index (χ3n) is 2.10. The first-order valence-electron chi connectivity index (χ1n) is 4.39. The van der Waals surface area contributed by atoms with Crippen LogP contribution in [0.15, 0.2) is 16.7 Å². The van der Waals surface area contributed by atoms with E-state index in [0.717, 1.165) is 0 Å². The fourth-order valence-electron chi connectivity index (χ4n) is 1.38. The number of rotatable bonds is 2. The van der Waals surface area contributed by atoms with Crippen molar-refractivity contribution in [2.24, 2.45) is 0 Å². The maximum Gasteiger partial charge on any atom is 0.345 e. The Morgan fingerprint density at radius 3 is 3.00 bits per heavy atom. The number of carbonyl (C=O) groups is 2. The number of nitrogens with zero attached hydrogens (tertiary/aromatic N) is 1. The van der Waals surface area contributed by atoms with Crippen LogP contribution >= 0.6 is 0 Å². The largest absolute Gasteiger partial charge is 0.465 e. The lowest BCUT2D eigenvalue weighted by molar-refractivity contribution is 0.0603. The van der Waals surface area contributed by atoms with Gasteiger partial charge in [-0.05, 0) is 6.07 Å². The number of nitrogens with two attached hydrogens (primary N) is 1. The Balaban J connectivity index is 2.71. The van der Waals surface area contributed by atoms with Crippen LogP contribution in [0, 0.1) is 0 Å². The number of aldehydes is 1. The third kappa shape index (κ3) is 1.40. The standard InChI is InChI=1S/C10H8N2O4/c1-15-10(14)7-8-6(16-9(7)11)2-5(4-13)3-12-8/h2-4H,11H2,1H3. The van der Waals surface area contributed by atoms with Crippen LogP contribution in [0.1, 0.15) is 20.7 Å². The Hall–Kier alpha value is -2.37. The van der Waals surface area contributed by atoms with Gasteiger partial charge in [0.15, 0.2) is 11.9 Å². The normalized spacial score (nSPS) is 10.3. The van der Waals surface area contributed by atoms with Gasteiger partial charge in [0.2, 0.25) is 5.88 Å². The zero-order valence-corrected chi connectivity index (χ0v) is 8.39. The highest BCUT2D eigenvalue weighted by Gasteiger charge is 2.20. The number of furan rings is 1. The van der Waals surface area contributed by atoms with Gasteiger partial charge in [0, 0.05) is 11.8 Å². The van der Waals surface area contributed by atoms with Crippen molar-refractivity contribution in [2.45, 2.75) is 0 Å². The summed E-state index contributed by atoms with van der Waals surface area (Å²) in [5, 5.41) is 0. The number of fused-ring (bicyclic) bond motifs is 1. The van der Waals surface area contributed by atoms with Gasteiger partial charge >= 0.3 is 5.97 Å². The van der Waals surface area contributed by atoms with Gasteiger partial charge in [0.05, 0.1) is 7.11 Å². The molecule has 2 heterocycles. The number of anilines is 1. The molecule has 2 aromatic rings. The number of methoxy groups -OCH3 is 1. The average molecular weight is 220 g/mol. The summed E-state index contributed by atoms with van der Waals surface area (Å²) in [6.07, 6.45) is 1.96. The van der Waals surface area contributed by atoms with Crippen LogP contribution in [0.5, 0.6) is 0 Å². The number of aromatic nitrogens is 1. The van der Waals surface area contributed by atoms with E-state index in [4.69, 9.17) is 10.2 Å². The van der Waals surface area contributed by atoms with E-state index in [1.54, 1.807) is 0 Å². The fourth-order valence-corrected chi connectivity index (χ4v) is 1.38. The zero-order valence-electron chi connectivity index (χ0n) is 8.39. The van der Waals surface area contributed by atoms with E-state index in [1.807, 2.05) is 0 Å². The lowest BCUT2D eigenvalue weighted by atomic mass is 10.2. The van der Waals surface area contributed by atoms with E-state index < -0.39 is 5.97 Å². The molecule has 0 saturated heterocycles. The number of ether oxygens (including phenoxy) is 1. The van der Waals surface area contributed by atoms with Crippen LogP contribution in [0.3, 0.4) is 0 Å². The maximum atomic E-state index is 11.4. The van der Waals surface area contributed by atoms with Gasteiger partial charge in [-0.25, -0.2) is 4.79 Å². The lowest BCUT2D eigenvalue weighted by Gasteiger charge is -1.95. The number of hydrogen-bond acceptors (Lipinski definition) is 6. The topological polar surface area (TPSA) is 95.4 Å². The van der Waals surface area contributed by atoms with E-state index in [1.165, 1.54) is 19.4 Å². The minimum absolute atomic E-state index is 0.0719. The second kappa shape index (κ2) is 3.65. The third-order valence-corrected chi connectivity index (χ3v) is 2.10. The highest BCUT2D eigenvalue weighted by Crippen LogP contribution is 2.26. The zero-order chi connectivity index (χ0) is 11.7. The van der Waals surface area contributed by atoms with Crippen LogP contribution in [-0.2, 0) is 4.74 Å². The van der Waals surface area contributed by atoms with Gasteiger partial charge in [-0.3, -0.25) is 9.78 Å². The van der Waals surface area contributed by atoms with Crippen LogP contribution in [0.4, 0.5) is 5.88 Å². The first-order valence-corrected chi connectivity index (χ1v) is 4.39. The van der Waals surface area contributed by atoms with Crippen molar-refractivity contribution < 1.29 is 18.7 Å². The van der Waals surface area contributed by atoms with E-state index in [-0.39, 0.29) is 22.5 Å². The summed E-state index contributed by atoms with van der Waals surface area (Å²) in [6, 6.07) is 1.46. The highest BCUT2D eigenvalue weighted by molar-refractivity contribution is 6.06. The SMILES string of the molecule is COC(=O)c1c(N)oc2cc(C=O)cnc12. The van der Waals surface area contributed by atoms with Gasteiger partial charge in [-0.15, -0.1) is 0 Å². The Labute approximate surface area is 90.0 Å². The number of nitrogen functional groups attached to an aromatic ring is 1. The second-order valence-corrected chi connectivity index (χ2v) is 3.07. The first-order chi connectivity index (χ1) is 7.67. The molecule has 0 spiro atoms. The molecule has 2 N–H and O–H groups in total. The summed E-state index contributed by atoms with van der Waals surface area (Å²) in [4.78, 5) is 25.9. The van der Waals surface area contributed by atoms with Crippen molar-refractivity contribution in [1.29, 1.82) is 0 Å². The molecule has 6 nitrogen and oxygen atoms in total. The molecule has 0 amide bonds. The Morgan fingerprint density at radius 1 is 1.62 bits per heavy atom. The molecule has 16 heavy (non-hydrogen) atoms. The van der Waals surface area contributed by atoms with Crippen molar-refractivity contribution in [2.75, 3.05) is 12.8 Å². The molecular formula is C10H8N2O4. The number of esters is 1. The van der Waals surface area contributed by atoms with Crippen molar-refractivity contribution in [3.8, 4) is 0 Å². The molecule has 2 rings (SSSR count). The molecule has 0 atom stereocenters. The Bertz CT molecular complexity index is 573. The first kappa shape index (κ1) is 10.2. The molecule has 0 aliphatic rings. The molecule has 0 saturated carbocycles. The molecule has 82 valence electrons. The molecule has 6 heteroatoms. The summed E-state index contributed by atoms with van der Waals surface area (Å²) in [7, 11) is 1.24. The van der Waals surface area contributed by atoms with Crippen molar-refractivity contribution >= 4 is 29.2 Å². The number of pyridine rings is 1. The van der Waals surface area contributed by atoms with Gasteiger partial charge in [0.25, 0.3) is 0 Å². The monoisotopic (exact) mass is 220 g/mol. The summed E-state index contributed by atoms with van der Waals surface area (Å²) in [5.41, 5.74) is 6.52. The molecule has 0 radical (unpaired) electrons. The summed E-state index contributed by atoms with van der Waals surface area (Å²) < 4.78 is 9.67. The number of carbonyl (C=O) groups excluding carboxylic acids is 2. The lowest BCUT2D eigenvalue weighted by Crippen LogP contribution is -2.03. The Morgan fingerprint density at radius 2 is 2.38 bits per heavy atom. The fraction of sp³-hybridized carbons (Fsp3) is 0.100. The quantitative estimate of drug-likeness (QED) is 0.599. The minimum Gasteiger partial charge on any atom is -0.465 e. The molecule has 0 aliphatic heterocycles. The van der Waals surface area contributed by atoms with Crippen LogP contribution in [-0.4, -0.2) is 24.3 Å². The molecule has 0 fully saturated rings. The summed E-state index contributed by atoms with van der Waals surface area (Å²) in [5.74, 6) is -0.694. The highest BCUT2D eigenvalue weighted by atomic mass is 16.5. The van der Waals surface area contributed by atoms with E-state index in [2.05, 4.69) is 9.72 Å². The van der Waals surface area contributed by atoms with E-state index in [0.29, 0.717) is 11.8 Å². The van der Waals surface area contributed by atoms with E-state index in [9.17, 15) is 9.59 Å². The number of hydrogen-bond donors (Lipinski definition) is 1. The van der Waals surface area contributed by atoms with Gasteiger partial charge in [-0.2, -0.15) is 0 Å². The van der Waals surface area contributed by atoms with Crippen molar-refractivity contribution in [1.82, 2.24) is 4.98 Å². The molecule has 0 aliphatic carbocycles. The van der Waals surface area contributed by atoms with Crippen LogP contribution in [0.2, 0.25) is 0 Å². The molecule has 2 aromatic heterocycles. The van der Waals surface area contributed by atoms with Crippen LogP contribution < -0.4 is 5.73 Å². The predicted octanol–water partition coefficient (Wildman–Crippen LogP) is 1.01. The van der Waals surface area contributed by atoms with Gasteiger partial charge < -0.3 is 14.9 Å². The Kier molecular flexibility index (Phi) is 2.32. The predicted molar refractivity (Wildman–Crippen MR) is 55.1 cm³/mol. The smallest absolute Gasteiger partial charge is 0.345 e. The molecule has 0 bridgehead atoms.